The summed E-state index contributed by atoms with van der Waals surface area (Å²) < 4.78 is 27.3. The van der Waals surface area contributed by atoms with Gasteiger partial charge in [0, 0.05) is 16.6 Å². The molecule has 0 aliphatic carbocycles. The van der Waals surface area contributed by atoms with Gasteiger partial charge in [0.15, 0.2) is 11.6 Å². The molecule has 4 heteroatoms. The van der Waals surface area contributed by atoms with Crippen molar-refractivity contribution in [3.63, 3.8) is 0 Å². The van der Waals surface area contributed by atoms with Gasteiger partial charge in [0.25, 0.3) is 0 Å². The van der Waals surface area contributed by atoms with Gasteiger partial charge >= 0.3 is 0 Å². The third-order valence-corrected chi connectivity index (χ3v) is 3.28. The maximum atomic E-state index is 13.8. The lowest BCUT2D eigenvalue weighted by atomic mass is 9.98. The van der Waals surface area contributed by atoms with Crippen molar-refractivity contribution in [2.45, 2.75) is 19.4 Å². The van der Waals surface area contributed by atoms with Crippen LogP contribution in [-0.2, 0) is 6.42 Å². The molecule has 0 spiro atoms. The van der Waals surface area contributed by atoms with E-state index in [9.17, 15) is 8.78 Å². The van der Waals surface area contributed by atoms with Crippen LogP contribution < -0.4 is 5.73 Å². The summed E-state index contributed by atoms with van der Waals surface area (Å²) in [5, 5.41) is 0.597. The van der Waals surface area contributed by atoms with Crippen molar-refractivity contribution in [1.82, 2.24) is 0 Å². The fourth-order valence-corrected chi connectivity index (χ4v) is 2.19. The van der Waals surface area contributed by atoms with Crippen molar-refractivity contribution in [2.75, 3.05) is 0 Å². The summed E-state index contributed by atoms with van der Waals surface area (Å²) in [5.74, 6) is -1.70. The van der Waals surface area contributed by atoms with Crippen LogP contribution in [0.25, 0.3) is 0 Å². The highest BCUT2D eigenvalue weighted by molar-refractivity contribution is 6.30. The summed E-state index contributed by atoms with van der Waals surface area (Å²) >= 11 is 5.88. The van der Waals surface area contributed by atoms with Gasteiger partial charge in [-0.1, -0.05) is 35.9 Å². The molecule has 0 aromatic heterocycles. The third-order valence-electron chi connectivity index (χ3n) is 3.05. The zero-order chi connectivity index (χ0) is 14.0. The zero-order valence-electron chi connectivity index (χ0n) is 10.5. The first-order valence-corrected chi connectivity index (χ1v) is 6.31. The standard InChI is InChI=1S/C15H14ClF2N/c1-9-5-6-12(15(18)14(9)17)13(19)8-10-3-2-4-11(16)7-10/h2-7,13H,8,19H2,1H3. The topological polar surface area (TPSA) is 26.0 Å². The molecule has 1 nitrogen and oxygen atoms in total. The van der Waals surface area contributed by atoms with E-state index in [1.54, 1.807) is 18.2 Å². The predicted octanol–water partition coefficient (Wildman–Crippen LogP) is 4.17. The van der Waals surface area contributed by atoms with Crippen LogP contribution in [-0.4, -0.2) is 0 Å². The number of aryl methyl sites for hydroxylation is 1. The van der Waals surface area contributed by atoms with Gasteiger partial charge in [-0.25, -0.2) is 8.78 Å². The number of benzene rings is 2. The number of nitrogens with two attached hydrogens (primary N) is 1. The van der Waals surface area contributed by atoms with E-state index in [1.807, 2.05) is 6.07 Å². The van der Waals surface area contributed by atoms with Gasteiger partial charge in [0.05, 0.1) is 0 Å². The molecule has 2 N–H and O–H groups in total. The Kier molecular flexibility index (Phi) is 4.17. The van der Waals surface area contributed by atoms with E-state index in [2.05, 4.69) is 0 Å². The predicted molar refractivity (Wildman–Crippen MR) is 73.2 cm³/mol. The molecule has 0 saturated heterocycles. The van der Waals surface area contributed by atoms with Crippen LogP contribution in [0.15, 0.2) is 36.4 Å². The average Bonchev–Trinajstić information content (AvgIpc) is 2.36. The molecule has 2 rings (SSSR count). The van der Waals surface area contributed by atoms with E-state index in [0.29, 0.717) is 11.4 Å². The molecule has 0 bridgehead atoms. The first kappa shape index (κ1) is 14.0. The minimum Gasteiger partial charge on any atom is -0.324 e. The van der Waals surface area contributed by atoms with E-state index in [0.717, 1.165) is 5.56 Å². The molecule has 1 atom stereocenters. The van der Waals surface area contributed by atoms with Gasteiger partial charge in [0.2, 0.25) is 0 Å². The van der Waals surface area contributed by atoms with Crippen LogP contribution in [0.4, 0.5) is 8.78 Å². The Bertz CT molecular complexity index is 599. The van der Waals surface area contributed by atoms with Crippen LogP contribution in [0.2, 0.25) is 5.02 Å². The molecule has 100 valence electrons. The smallest absolute Gasteiger partial charge is 0.163 e. The summed E-state index contributed by atoms with van der Waals surface area (Å²) in [6.45, 7) is 1.52. The fourth-order valence-electron chi connectivity index (χ4n) is 1.98. The molecule has 2 aromatic rings. The lowest BCUT2D eigenvalue weighted by Crippen LogP contribution is -2.16. The molecule has 0 heterocycles. The van der Waals surface area contributed by atoms with E-state index in [1.165, 1.54) is 19.1 Å². The van der Waals surface area contributed by atoms with E-state index >= 15 is 0 Å². The second kappa shape index (κ2) is 5.68. The second-order valence-electron chi connectivity index (χ2n) is 4.54. The number of hydrogen-bond acceptors (Lipinski definition) is 1. The minimum atomic E-state index is -0.866. The Balaban J connectivity index is 2.25. The fraction of sp³-hybridized carbons (Fsp3) is 0.200. The number of rotatable bonds is 3. The van der Waals surface area contributed by atoms with Crippen LogP contribution in [0.1, 0.15) is 22.7 Å². The van der Waals surface area contributed by atoms with Crippen LogP contribution in [0.3, 0.4) is 0 Å². The largest absolute Gasteiger partial charge is 0.324 e. The van der Waals surface area contributed by atoms with Crippen molar-refractivity contribution >= 4 is 11.6 Å². The molecule has 0 aliphatic heterocycles. The Hall–Kier alpha value is -1.45. The van der Waals surface area contributed by atoms with Crippen LogP contribution >= 0.6 is 11.6 Å². The van der Waals surface area contributed by atoms with Gasteiger partial charge in [-0.3, -0.25) is 0 Å². The quantitative estimate of drug-likeness (QED) is 0.898. The number of hydrogen-bond donors (Lipinski definition) is 1. The lowest BCUT2D eigenvalue weighted by Gasteiger charge is -2.14. The van der Waals surface area contributed by atoms with Gasteiger partial charge in [-0.15, -0.1) is 0 Å². The SMILES string of the molecule is Cc1ccc(C(N)Cc2cccc(Cl)c2)c(F)c1F. The molecule has 0 aliphatic rings. The molecule has 2 aromatic carbocycles. The summed E-state index contributed by atoms with van der Waals surface area (Å²) in [5.41, 5.74) is 7.29. The van der Waals surface area contributed by atoms with Crippen molar-refractivity contribution in [1.29, 1.82) is 0 Å². The molecule has 1 unspecified atom stereocenters. The molecule has 0 fully saturated rings. The first-order chi connectivity index (χ1) is 8.99. The van der Waals surface area contributed by atoms with Gasteiger partial charge < -0.3 is 5.73 Å². The normalized spacial score (nSPS) is 12.5. The highest BCUT2D eigenvalue weighted by atomic mass is 35.5. The third kappa shape index (κ3) is 3.11. The summed E-state index contributed by atoms with van der Waals surface area (Å²) in [6, 6.07) is 9.64. The van der Waals surface area contributed by atoms with Crippen LogP contribution in [0, 0.1) is 18.6 Å². The Morgan fingerprint density at radius 2 is 1.89 bits per heavy atom. The summed E-state index contributed by atoms with van der Waals surface area (Å²) in [4.78, 5) is 0. The number of halogens is 3. The molecule has 0 amide bonds. The molecular formula is C15H14ClF2N. The minimum absolute atomic E-state index is 0.183. The molecule has 0 radical (unpaired) electrons. The van der Waals surface area contributed by atoms with Crippen LogP contribution in [0.5, 0.6) is 0 Å². The maximum absolute atomic E-state index is 13.8. The van der Waals surface area contributed by atoms with E-state index in [4.69, 9.17) is 17.3 Å². The Morgan fingerprint density at radius 3 is 2.58 bits per heavy atom. The average molecular weight is 282 g/mol. The molecule has 19 heavy (non-hydrogen) atoms. The molecular weight excluding hydrogens is 268 g/mol. The summed E-state index contributed by atoms with van der Waals surface area (Å²) in [7, 11) is 0. The van der Waals surface area contributed by atoms with Crippen molar-refractivity contribution in [3.8, 4) is 0 Å². The highest BCUT2D eigenvalue weighted by Gasteiger charge is 2.17. The monoisotopic (exact) mass is 281 g/mol. The van der Waals surface area contributed by atoms with Crippen molar-refractivity contribution in [2.24, 2.45) is 5.73 Å². The van der Waals surface area contributed by atoms with Gasteiger partial charge in [0.1, 0.15) is 0 Å². The lowest BCUT2D eigenvalue weighted by molar-refractivity contribution is 0.483. The molecule has 0 saturated carbocycles. The highest BCUT2D eigenvalue weighted by Crippen LogP contribution is 2.23. The summed E-state index contributed by atoms with van der Waals surface area (Å²) in [6.07, 6.45) is 0.403. The van der Waals surface area contributed by atoms with Gasteiger partial charge in [-0.05, 0) is 36.6 Å². The van der Waals surface area contributed by atoms with Crippen molar-refractivity contribution < 1.29 is 8.78 Å². The second-order valence-corrected chi connectivity index (χ2v) is 4.98. The van der Waals surface area contributed by atoms with Crippen molar-refractivity contribution in [3.05, 3.63) is 69.7 Å². The maximum Gasteiger partial charge on any atom is 0.163 e. The zero-order valence-corrected chi connectivity index (χ0v) is 11.2. The first-order valence-electron chi connectivity index (χ1n) is 5.93. The Morgan fingerprint density at radius 1 is 1.16 bits per heavy atom. The Labute approximate surface area is 116 Å². The van der Waals surface area contributed by atoms with Gasteiger partial charge in [-0.2, -0.15) is 0 Å². The van der Waals surface area contributed by atoms with E-state index < -0.39 is 17.7 Å². The van der Waals surface area contributed by atoms with E-state index in [-0.39, 0.29) is 11.1 Å².